The summed E-state index contributed by atoms with van der Waals surface area (Å²) in [6, 6.07) is 1.97. The van der Waals surface area contributed by atoms with E-state index in [-0.39, 0.29) is 12.5 Å². The summed E-state index contributed by atoms with van der Waals surface area (Å²) in [5.74, 6) is 6.23. The normalized spacial score (nSPS) is 10.2. The number of hydrogen-bond acceptors (Lipinski definition) is 3. The lowest BCUT2D eigenvalue weighted by Gasteiger charge is -2.17. The van der Waals surface area contributed by atoms with Gasteiger partial charge in [0.2, 0.25) is 5.91 Å². The second-order valence-electron chi connectivity index (χ2n) is 4.96. The highest BCUT2D eigenvalue weighted by Gasteiger charge is 2.10. The fraction of sp³-hybridized carbons (Fsp3) is 0.533. The second kappa shape index (κ2) is 7.98. The molecule has 19 heavy (non-hydrogen) atoms. The van der Waals surface area contributed by atoms with E-state index in [0.29, 0.717) is 18.9 Å². The summed E-state index contributed by atoms with van der Waals surface area (Å²) in [6.45, 7) is 4.74. The van der Waals surface area contributed by atoms with E-state index in [0.717, 1.165) is 16.9 Å². The van der Waals surface area contributed by atoms with E-state index in [1.165, 1.54) is 11.3 Å². The van der Waals surface area contributed by atoms with E-state index in [4.69, 9.17) is 5.11 Å². The number of hydrogen-bond donors (Lipinski definition) is 1. The Morgan fingerprint density at radius 3 is 2.89 bits per heavy atom. The molecule has 0 fully saturated rings. The molecule has 1 heterocycles. The average Bonchev–Trinajstić information content (AvgIpc) is 2.80. The predicted molar refractivity (Wildman–Crippen MR) is 78.8 cm³/mol. The van der Waals surface area contributed by atoms with Gasteiger partial charge in [0.05, 0.1) is 4.88 Å². The van der Waals surface area contributed by atoms with E-state index in [2.05, 4.69) is 25.7 Å². The highest BCUT2D eigenvalue weighted by molar-refractivity contribution is 7.10. The Bertz CT molecular complexity index is 468. The fourth-order valence-corrected chi connectivity index (χ4v) is 2.39. The van der Waals surface area contributed by atoms with Gasteiger partial charge in [0, 0.05) is 20.0 Å². The Labute approximate surface area is 119 Å². The van der Waals surface area contributed by atoms with Crippen molar-refractivity contribution in [2.24, 2.45) is 5.92 Å². The van der Waals surface area contributed by atoms with Gasteiger partial charge in [0.25, 0.3) is 0 Å². The summed E-state index contributed by atoms with van der Waals surface area (Å²) in [7, 11) is 1.83. The van der Waals surface area contributed by atoms with E-state index in [1.807, 2.05) is 18.5 Å². The lowest BCUT2D eigenvalue weighted by atomic mass is 10.1. The molecule has 3 nitrogen and oxygen atoms in total. The standard InChI is InChI=1S/C15H21NO2S/c1-12(2)6-7-15(18)16(3)10-13-9-14(19-11-13)5-4-8-17/h9,11-12,17H,6-8,10H2,1-3H3. The van der Waals surface area contributed by atoms with Crippen LogP contribution in [0.1, 0.15) is 37.1 Å². The molecular weight excluding hydrogens is 258 g/mol. The summed E-state index contributed by atoms with van der Waals surface area (Å²) < 4.78 is 0. The SMILES string of the molecule is CC(C)CCC(=O)N(C)Cc1csc(C#CCO)c1. The second-order valence-corrected chi connectivity index (χ2v) is 5.87. The molecule has 0 aliphatic carbocycles. The molecule has 104 valence electrons. The van der Waals surface area contributed by atoms with Crippen molar-refractivity contribution < 1.29 is 9.90 Å². The lowest BCUT2D eigenvalue weighted by Crippen LogP contribution is -2.25. The minimum absolute atomic E-state index is 0.124. The Kier molecular flexibility index (Phi) is 6.61. The Balaban J connectivity index is 2.49. The van der Waals surface area contributed by atoms with Gasteiger partial charge in [0.15, 0.2) is 0 Å². The first-order chi connectivity index (χ1) is 9.02. The number of aliphatic hydroxyl groups excluding tert-OH is 1. The van der Waals surface area contributed by atoms with Crippen LogP contribution >= 0.6 is 11.3 Å². The topological polar surface area (TPSA) is 40.5 Å². The minimum atomic E-state index is -0.124. The monoisotopic (exact) mass is 279 g/mol. The van der Waals surface area contributed by atoms with Crippen LogP contribution in [-0.4, -0.2) is 29.6 Å². The van der Waals surface area contributed by atoms with Crippen LogP contribution in [-0.2, 0) is 11.3 Å². The molecule has 1 N–H and O–H groups in total. The fourth-order valence-electron chi connectivity index (χ4n) is 1.62. The number of carbonyl (C=O) groups is 1. The molecular formula is C15H21NO2S. The van der Waals surface area contributed by atoms with Crippen LogP contribution in [0, 0.1) is 17.8 Å². The van der Waals surface area contributed by atoms with Crippen molar-refractivity contribution in [2.45, 2.75) is 33.2 Å². The molecule has 0 spiro atoms. The number of nitrogens with zero attached hydrogens (tertiary/aromatic N) is 1. The van der Waals surface area contributed by atoms with Crippen molar-refractivity contribution in [2.75, 3.05) is 13.7 Å². The van der Waals surface area contributed by atoms with Gasteiger partial charge in [-0.3, -0.25) is 4.79 Å². The predicted octanol–water partition coefficient (Wildman–Crippen LogP) is 2.49. The van der Waals surface area contributed by atoms with Crippen LogP contribution in [0.5, 0.6) is 0 Å². The number of rotatable bonds is 5. The van der Waals surface area contributed by atoms with Crippen molar-refractivity contribution >= 4 is 17.2 Å². The van der Waals surface area contributed by atoms with Crippen LogP contribution in [0.4, 0.5) is 0 Å². The largest absolute Gasteiger partial charge is 0.384 e. The molecule has 1 aromatic rings. The molecule has 1 rings (SSSR count). The van der Waals surface area contributed by atoms with Crippen molar-refractivity contribution in [1.29, 1.82) is 0 Å². The third-order valence-corrected chi connectivity index (χ3v) is 3.62. The number of aliphatic hydroxyl groups is 1. The maximum atomic E-state index is 11.9. The van der Waals surface area contributed by atoms with Crippen LogP contribution in [0.3, 0.4) is 0 Å². The zero-order valence-electron chi connectivity index (χ0n) is 11.8. The van der Waals surface area contributed by atoms with Crippen molar-refractivity contribution in [3.8, 4) is 11.8 Å². The molecule has 4 heteroatoms. The highest BCUT2D eigenvalue weighted by Crippen LogP contribution is 2.16. The van der Waals surface area contributed by atoms with Crippen LogP contribution in [0.2, 0.25) is 0 Å². The summed E-state index contributed by atoms with van der Waals surface area (Å²) in [5, 5.41) is 10.6. The maximum absolute atomic E-state index is 11.9. The molecule has 0 atom stereocenters. The van der Waals surface area contributed by atoms with Crippen LogP contribution in [0.15, 0.2) is 11.4 Å². The van der Waals surface area contributed by atoms with E-state index in [9.17, 15) is 4.79 Å². The average molecular weight is 279 g/mol. The molecule has 0 saturated carbocycles. The lowest BCUT2D eigenvalue weighted by molar-refractivity contribution is -0.130. The Hall–Kier alpha value is -1.31. The van der Waals surface area contributed by atoms with E-state index < -0.39 is 0 Å². The van der Waals surface area contributed by atoms with Gasteiger partial charge in [-0.15, -0.1) is 11.3 Å². The summed E-state index contributed by atoms with van der Waals surface area (Å²) >= 11 is 1.54. The first-order valence-electron chi connectivity index (χ1n) is 6.44. The number of amides is 1. The van der Waals surface area contributed by atoms with Crippen LogP contribution < -0.4 is 0 Å². The van der Waals surface area contributed by atoms with Gasteiger partial charge in [-0.2, -0.15) is 0 Å². The van der Waals surface area contributed by atoms with Gasteiger partial charge in [-0.1, -0.05) is 25.7 Å². The molecule has 0 aliphatic heterocycles. The molecule has 0 radical (unpaired) electrons. The van der Waals surface area contributed by atoms with Gasteiger partial charge < -0.3 is 10.0 Å². The molecule has 0 unspecified atom stereocenters. The molecule has 0 saturated heterocycles. The number of thiophene rings is 1. The molecule has 0 bridgehead atoms. The third kappa shape index (κ3) is 5.91. The number of carbonyl (C=O) groups excluding carboxylic acids is 1. The van der Waals surface area contributed by atoms with Crippen molar-refractivity contribution in [3.63, 3.8) is 0 Å². The first-order valence-corrected chi connectivity index (χ1v) is 7.32. The van der Waals surface area contributed by atoms with Crippen molar-refractivity contribution in [3.05, 3.63) is 21.9 Å². The zero-order chi connectivity index (χ0) is 14.3. The molecule has 0 aliphatic rings. The minimum Gasteiger partial charge on any atom is -0.384 e. The van der Waals surface area contributed by atoms with Gasteiger partial charge >= 0.3 is 0 Å². The Morgan fingerprint density at radius 1 is 1.53 bits per heavy atom. The summed E-state index contributed by atoms with van der Waals surface area (Å²) in [5.41, 5.74) is 1.09. The van der Waals surface area contributed by atoms with E-state index >= 15 is 0 Å². The smallest absolute Gasteiger partial charge is 0.222 e. The molecule has 0 aromatic carbocycles. The zero-order valence-corrected chi connectivity index (χ0v) is 12.6. The van der Waals surface area contributed by atoms with Gasteiger partial charge in [-0.05, 0) is 29.3 Å². The molecule has 1 aromatic heterocycles. The van der Waals surface area contributed by atoms with E-state index in [1.54, 1.807) is 4.90 Å². The van der Waals surface area contributed by atoms with Crippen LogP contribution in [0.25, 0.3) is 0 Å². The maximum Gasteiger partial charge on any atom is 0.222 e. The van der Waals surface area contributed by atoms with Crippen molar-refractivity contribution in [1.82, 2.24) is 4.90 Å². The summed E-state index contributed by atoms with van der Waals surface area (Å²) in [6.07, 6.45) is 1.54. The Morgan fingerprint density at radius 2 is 2.26 bits per heavy atom. The summed E-state index contributed by atoms with van der Waals surface area (Å²) in [4.78, 5) is 14.6. The third-order valence-electron chi connectivity index (χ3n) is 2.73. The van der Waals surface area contributed by atoms with Gasteiger partial charge in [-0.25, -0.2) is 0 Å². The quantitative estimate of drug-likeness (QED) is 0.841. The highest BCUT2D eigenvalue weighted by atomic mass is 32.1. The first kappa shape index (κ1) is 15.7. The molecule has 1 amide bonds. The van der Waals surface area contributed by atoms with Gasteiger partial charge in [0.1, 0.15) is 6.61 Å².